The van der Waals surface area contributed by atoms with Crippen LogP contribution in [0.3, 0.4) is 0 Å². The Labute approximate surface area is 119 Å². The fraction of sp³-hybridized carbons (Fsp3) is 0.625. The highest BCUT2D eigenvalue weighted by Crippen LogP contribution is 2.29. The molecular weight excluding hydrogens is 263 g/mol. The van der Waals surface area contributed by atoms with E-state index in [4.69, 9.17) is 0 Å². The van der Waals surface area contributed by atoms with Crippen LogP contribution in [0.4, 0.5) is 13.2 Å². The Morgan fingerprint density at radius 3 is 2.45 bits per heavy atom. The first kappa shape index (κ1) is 17.0. The summed E-state index contributed by atoms with van der Waals surface area (Å²) in [5.74, 6) is 0.523. The lowest BCUT2D eigenvalue weighted by Crippen LogP contribution is -2.33. The van der Waals surface area contributed by atoms with Gasteiger partial charge < -0.3 is 5.32 Å². The van der Waals surface area contributed by atoms with Crippen molar-refractivity contribution < 1.29 is 13.2 Å². The second-order valence-corrected chi connectivity index (χ2v) is 5.68. The highest BCUT2D eigenvalue weighted by Gasteiger charge is 2.30. The van der Waals surface area contributed by atoms with Crippen molar-refractivity contribution in [3.8, 4) is 0 Å². The molecule has 0 saturated carbocycles. The summed E-state index contributed by atoms with van der Waals surface area (Å²) in [6, 6.07) is 5.89. The van der Waals surface area contributed by atoms with Crippen molar-refractivity contribution >= 4 is 0 Å². The van der Waals surface area contributed by atoms with E-state index in [1.54, 1.807) is 6.07 Å². The lowest BCUT2D eigenvalue weighted by molar-refractivity contribution is -0.137. The summed E-state index contributed by atoms with van der Waals surface area (Å²) in [5.41, 5.74) is 0.183. The van der Waals surface area contributed by atoms with E-state index in [0.29, 0.717) is 12.3 Å². The van der Waals surface area contributed by atoms with Crippen molar-refractivity contribution in [3.63, 3.8) is 0 Å². The minimum atomic E-state index is -4.26. The molecule has 0 aromatic heterocycles. The number of nitrogens with one attached hydrogen (secondary N) is 1. The summed E-state index contributed by atoms with van der Waals surface area (Å²) >= 11 is 0. The zero-order valence-corrected chi connectivity index (χ0v) is 12.4. The number of hydrogen-bond donors (Lipinski definition) is 1. The molecule has 0 amide bonds. The first-order chi connectivity index (χ1) is 9.32. The smallest absolute Gasteiger partial charge is 0.314 e. The molecule has 1 rings (SSSR count). The van der Waals surface area contributed by atoms with Crippen LogP contribution in [0.25, 0.3) is 0 Å². The van der Waals surface area contributed by atoms with Crippen molar-refractivity contribution in [3.05, 3.63) is 35.4 Å². The van der Waals surface area contributed by atoms with E-state index in [-0.39, 0.29) is 6.04 Å². The van der Waals surface area contributed by atoms with Crippen LogP contribution in [0, 0.1) is 5.92 Å². The van der Waals surface area contributed by atoms with Crippen molar-refractivity contribution in [2.24, 2.45) is 5.92 Å². The van der Waals surface area contributed by atoms with Crippen LogP contribution in [0.15, 0.2) is 24.3 Å². The third-order valence-corrected chi connectivity index (χ3v) is 3.18. The van der Waals surface area contributed by atoms with Gasteiger partial charge in [0.05, 0.1) is 5.56 Å². The molecule has 0 aliphatic carbocycles. The normalized spacial score (nSPS) is 13.8. The molecule has 0 fully saturated rings. The summed E-state index contributed by atoms with van der Waals surface area (Å²) in [5, 5.41) is 3.43. The highest BCUT2D eigenvalue weighted by atomic mass is 19.4. The molecule has 1 unspecified atom stereocenters. The van der Waals surface area contributed by atoms with Crippen LogP contribution in [0.1, 0.15) is 44.7 Å². The molecule has 0 spiro atoms. The SMILES string of the molecule is CCCNC(Cc1cccc(C(F)(F)F)c1)CC(C)C. The Morgan fingerprint density at radius 1 is 1.20 bits per heavy atom. The summed E-state index contributed by atoms with van der Waals surface area (Å²) in [6.07, 6.45) is -1.63. The van der Waals surface area contributed by atoms with Crippen LogP contribution < -0.4 is 5.32 Å². The fourth-order valence-electron chi connectivity index (χ4n) is 2.32. The topological polar surface area (TPSA) is 12.0 Å². The van der Waals surface area contributed by atoms with E-state index in [9.17, 15) is 13.2 Å². The lowest BCUT2D eigenvalue weighted by atomic mass is 9.96. The van der Waals surface area contributed by atoms with Gasteiger partial charge in [0.2, 0.25) is 0 Å². The van der Waals surface area contributed by atoms with Crippen LogP contribution in [-0.4, -0.2) is 12.6 Å². The number of rotatable bonds is 7. The van der Waals surface area contributed by atoms with Gasteiger partial charge in [-0.05, 0) is 43.4 Å². The summed E-state index contributed by atoms with van der Waals surface area (Å²) < 4.78 is 38.1. The Hall–Kier alpha value is -1.03. The van der Waals surface area contributed by atoms with E-state index in [0.717, 1.165) is 31.0 Å². The predicted molar refractivity (Wildman–Crippen MR) is 76.7 cm³/mol. The Kier molecular flexibility index (Phi) is 6.53. The van der Waals surface area contributed by atoms with Gasteiger partial charge >= 0.3 is 6.18 Å². The van der Waals surface area contributed by atoms with Crippen molar-refractivity contribution in [2.45, 2.75) is 52.3 Å². The van der Waals surface area contributed by atoms with E-state index in [2.05, 4.69) is 26.1 Å². The van der Waals surface area contributed by atoms with Crippen LogP contribution >= 0.6 is 0 Å². The van der Waals surface area contributed by atoms with Crippen LogP contribution in [-0.2, 0) is 12.6 Å². The number of halogens is 3. The van der Waals surface area contributed by atoms with Crippen LogP contribution in [0.5, 0.6) is 0 Å². The molecule has 114 valence electrons. The van der Waals surface area contributed by atoms with Crippen molar-refractivity contribution in [1.29, 1.82) is 0 Å². The van der Waals surface area contributed by atoms with Crippen molar-refractivity contribution in [1.82, 2.24) is 5.32 Å². The molecule has 0 heterocycles. The number of alkyl halides is 3. The largest absolute Gasteiger partial charge is 0.416 e. The Morgan fingerprint density at radius 2 is 1.90 bits per heavy atom. The average molecular weight is 287 g/mol. The van der Waals surface area contributed by atoms with Crippen molar-refractivity contribution in [2.75, 3.05) is 6.54 Å². The van der Waals surface area contributed by atoms with E-state index >= 15 is 0 Å². The molecule has 1 aromatic rings. The molecule has 1 N–H and O–H groups in total. The monoisotopic (exact) mass is 287 g/mol. The molecule has 0 saturated heterocycles. The first-order valence-electron chi connectivity index (χ1n) is 7.22. The highest BCUT2D eigenvalue weighted by molar-refractivity contribution is 5.26. The molecule has 1 atom stereocenters. The van der Waals surface area contributed by atoms with Gasteiger partial charge in [-0.2, -0.15) is 13.2 Å². The maximum Gasteiger partial charge on any atom is 0.416 e. The molecule has 0 aliphatic heterocycles. The maximum absolute atomic E-state index is 12.7. The van der Waals surface area contributed by atoms with E-state index in [1.165, 1.54) is 12.1 Å². The Balaban J connectivity index is 2.77. The second kappa shape index (κ2) is 7.67. The third kappa shape index (κ3) is 5.95. The standard InChI is InChI=1S/C16H24F3N/c1-4-8-20-15(9-12(2)3)11-13-6-5-7-14(10-13)16(17,18)19/h5-7,10,12,15,20H,4,8-9,11H2,1-3H3. The molecule has 0 aliphatic rings. The van der Waals surface area contributed by atoms with Gasteiger partial charge in [-0.3, -0.25) is 0 Å². The zero-order chi connectivity index (χ0) is 15.2. The fourth-order valence-corrected chi connectivity index (χ4v) is 2.32. The molecule has 0 bridgehead atoms. The molecule has 4 heteroatoms. The first-order valence-corrected chi connectivity index (χ1v) is 7.22. The predicted octanol–water partition coefficient (Wildman–Crippen LogP) is 4.66. The van der Waals surface area contributed by atoms with E-state index in [1.807, 2.05) is 0 Å². The van der Waals surface area contributed by atoms with Gasteiger partial charge in [0.15, 0.2) is 0 Å². The van der Waals surface area contributed by atoms with Gasteiger partial charge in [-0.15, -0.1) is 0 Å². The molecule has 0 radical (unpaired) electrons. The number of hydrogen-bond acceptors (Lipinski definition) is 1. The van der Waals surface area contributed by atoms with Gasteiger partial charge in [-0.25, -0.2) is 0 Å². The van der Waals surface area contributed by atoms with Gasteiger partial charge in [0.1, 0.15) is 0 Å². The maximum atomic E-state index is 12.7. The molecule has 1 nitrogen and oxygen atoms in total. The van der Waals surface area contributed by atoms with Gasteiger partial charge in [0.25, 0.3) is 0 Å². The van der Waals surface area contributed by atoms with Crippen LogP contribution in [0.2, 0.25) is 0 Å². The molecule has 1 aromatic carbocycles. The zero-order valence-electron chi connectivity index (χ0n) is 12.4. The average Bonchev–Trinajstić information content (AvgIpc) is 2.34. The molecule has 20 heavy (non-hydrogen) atoms. The van der Waals surface area contributed by atoms with Gasteiger partial charge in [-0.1, -0.05) is 39.0 Å². The summed E-state index contributed by atoms with van der Waals surface area (Å²) in [7, 11) is 0. The summed E-state index contributed by atoms with van der Waals surface area (Å²) in [6.45, 7) is 7.25. The number of benzene rings is 1. The summed E-state index contributed by atoms with van der Waals surface area (Å²) in [4.78, 5) is 0. The third-order valence-electron chi connectivity index (χ3n) is 3.18. The lowest BCUT2D eigenvalue weighted by Gasteiger charge is -2.21. The Bertz CT molecular complexity index is 399. The second-order valence-electron chi connectivity index (χ2n) is 5.68. The van der Waals surface area contributed by atoms with E-state index < -0.39 is 11.7 Å². The minimum Gasteiger partial charge on any atom is -0.314 e. The van der Waals surface area contributed by atoms with Gasteiger partial charge in [0, 0.05) is 6.04 Å². The quantitative estimate of drug-likeness (QED) is 0.769. The minimum absolute atomic E-state index is 0.235. The molecular formula is C16H24F3N.